The van der Waals surface area contributed by atoms with E-state index in [1.165, 1.54) is 0 Å². The third kappa shape index (κ3) is 0.717. The third-order valence-electron chi connectivity index (χ3n) is 2.92. The second-order valence-electron chi connectivity index (χ2n) is 3.42. The Bertz CT molecular complexity index is 165. The summed E-state index contributed by atoms with van der Waals surface area (Å²) in [5.74, 6) is 0.948. The first kappa shape index (κ1) is 6.35. The van der Waals surface area contributed by atoms with Gasteiger partial charge in [0.25, 0.3) is 0 Å². The maximum atomic E-state index is 11.1. The van der Waals surface area contributed by atoms with Gasteiger partial charge in [0.05, 0.1) is 6.10 Å². The van der Waals surface area contributed by atoms with E-state index in [4.69, 9.17) is 0 Å². The third-order valence-corrected chi connectivity index (χ3v) is 2.92. The van der Waals surface area contributed by atoms with Crippen LogP contribution in [-0.4, -0.2) is 17.0 Å². The average molecular weight is 140 g/mol. The highest BCUT2D eigenvalue weighted by Gasteiger charge is 2.43. The molecule has 0 heterocycles. The topological polar surface area (TPSA) is 37.3 Å². The van der Waals surface area contributed by atoms with Crippen LogP contribution in [0.15, 0.2) is 0 Å². The molecule has 1 N–H and O–H groups in total. The van der Waals surface area contributed by atoms with E-state index in [-0.39, 0.29) is 12.0 Å². The van der Waals surface area contributed by atoms with Crippen molar-refractivity contribution >= 4 is 5.78 Å². The number of aliphatic hydroxyl groups excluding tert-OH is 1. The minimum atomic E-state index is -0.170. The van der Waals surface area contributed by atoms with Crippen molar-refractivity contribution in [2.24, 2.45) is 11.8 Å². The van der Waals surface area contributed by atoms with E-state index in [0.29, 0.717) is 18.1 Å². The van der Waals surface area contributed by atoms with E-state index in [1.54, 1.807) is 0 Å². The van der Waals surface area contributed by atoms with Crippen molar-refractivity contribution in [3.8, 4) is 0 Å². The molecule has 0 radical (unpaired) electrons. The van der Waals surface area contributed by atoms with Crippen LogP contribution in [0.1, 0.15) is 25.7 Å². The van der Waals surface area contributed by atoms with Crippen molar-refractivity contribution in [1.29, 1.82) is 0 Å². The van der Waals surface area contributed by atoms with Crippen molar-refractivity contribution in [1.82, 2.24) is 0 Å². The van der Waals surface area contributed by atoms with Crippen molar-refractivity contribution < 1.29 is 9.90 Å². The van der Waals surface area contributed by atoms with E-state index >= 15 is 0 Å². The van der Waals surface area contributed by atoms with Gasteiger partial charge in [0.15, 0.2) is 0 Å². The number of rotatable bonds is 0. The van der Waals surface area contributed by atoms with Gasteiger partial charge in [-0.1, -0.05) is 0 Å². The SMILES string of the molecule is O=C1CC[C@@H]2[C@H](O)CC[C@H]12. The summed E-state index contributed by atoms with van der Waals surface area (Å²) in [6.45, 7) is 0. The monoisotopic (exact) mass is 140 g/mol. The van der Waals surface area contributed by atoms with E-state index in [9.17, 15) is 9.90 Å². The van der Waals surface area contributed by atoms with E-state index < -0.39 is 0 Å². The van der Waals surface area contributed by atoms with Gasteiger partial charge in [-0.15, -0.1) is 0 Å². The maximum Gasteiger partial charge on any atom is 0.136 e. The second kappa shape index (κ2) is 2.06. The molecule has 2 saturated carbocycles. The molecule has 0 aromatic heterocycles. The predicted octanol–water partition coefficient (Wildman–Crippen LogP) is 0.736. The van der Waals surface area contributed by atoms with Crippen LogP contribution in [0.2, 0.25) is 0 Å². The number of fused-ring (bicyclic) bond motifs is 1. The van der Waals surface area contributed by atoms with Gasteiger partial charge in [-0.2, -0.15) is 0 Å². The zero-order valence-corrected chi connectivity index (χ0v) is 5.92. The molecule has 0 aromatic carbocycles. The molecule has 2 aliphatic carbocycles. The molecule has 2 fully saturated rings. The molecule has 2 aliphatic rings. The first-order valence-electron chi connectivity index (χ1n) is 4.00. The highest BCUT2D eigenvalue weighted by molar-refractivity contribution is 5.83. The Morgan fingerprint density at radius 1 is 1.30 bits per heavy atom. The van der Waals surface area contributed by atoms with Crippen LogP contribution in [0.4, 0.5) is 0 Å². The summed E-state index contributed by atoms with van der Waals surface area (Å²) >= 11 is 0. The Balaban J connectivity index is 2.16. The Hall–Kier alpha value is -0.370. The van der Waals surface area contributed by atoms with Crippen LogP contribution in [-0.2, 0) is 4.79 Å². The molecule has 0 bridgehead atoms. The van der Waals surface area contributed by atoms with Crippen LogP contribution in [0, 0.1) is 11.8 Å². The predicted molar refractivity (Wildman–Crippen MR) is 36.5 cm³/mol. The van der Waals surface area contributed by atoms with Gasteiger partial charge in [0, 0.05) is 12.3 Å². The van der Waals surface area contributed by atoms with Crippen LogP contribution in [0.3, 0.4) is 0 Å². The van der Waals surface area contributed by atoms with Crippen molar-refractivity contribution in [2.75, 3.05) is 0 Å². The van der Waals surface area contributed by atoms with Crippen LogP contribution in [0.25, 0.3) is 0 Å². The van der Waals surface area contributed by atoms with Crippen LogP contribution >= 0.6 is 0 Å². The van der Waals surface area contributed by atoms with Crippen molar-refractivity contribution in [3.63, 3.8) is 0 Å². The van der Waals surface area contributed by atoms with Crippen molar-refractivity contribution in [2.45, 2.75) is 31.8 Å². The van der Waals surface area contributed by atoms with Crippen LogP contribution < -0.4 is 0 Å². The number of ketones is 1. The zero-order valence-electron chi connectivity index (χ0n) is 5.92. The molecule has 2 nitrogen and oxygen atoms in total. The zero-order chi connectivity index (χ0) is 7.14. The number of hydrogen-bond donors (Lipinski definition) is 1. The molecular weight excluding hydrogens is 128 g/mol. The lowest BCUT2D eigenvalue weighted by Gasteiger charge is -2.09. The summed E-state index contributed by atoms with van der Waals surface area (Å²) in [5, 5.41) is 9.36. The molecule has 0 aliphatic heterocycles. The summed E-state index contributed by atoms with van der Waals surface area (Å²) in [4.78, 5) is 11.1. The Morgan fingerprint density at radius 2 is 2.10 bits per heavy atom. The van der Waals surface area contributed by atoms with Gasteiger partial charge in [-0.25, -0.2) is 0 Å². The van der Waals surface area contributed by atoms with E-state index in [2.05, 4.69) is 0 Å². The quantitative estimate of drug-likeness (QED) is 0.538. The highest BCUT2D eigenvalue weighted by Crippen LogP contribution is 2.41. The molecule has 2 heteroatoms. The Labute approximate surface area is 60.2 Å². The summed E-state index contributed by atoms with van der Waals surface area (Å²) in [7, 11) is 0. The fraction of sp³-hybridized carbons (Fsp3) is 0.875. The van der Waals surface area contributed by atoms with Gasteiger partial charge in [-0.3, -0.25) is 4.79 Å². The molecule has 0 aromatic rings. The molecular formula is C8H12O2. The fourth-order valence-corrected chi connectivity index (χ4v) is 2.33. The highest BCUT2D eigenvalue weighted by atomic mass is 16.3. The fourth-order valence-electron chi connectivity index (χ4n) is 2.33. The maximum absolute atomic E-state index is 11.1. The molecule has 56 valence electrons. The summed E-state index contributed by atoms with van der Waals surface area (Å²) in [6.07, 6.45) is 3.26. The molecule has 0 saturated heterocycles. The number of hydrogen-bond acceptors (Lipinski definition) is 2. The number of aliphatic hydroxyl groups is 1. The lowest BCUT2D eigenvalue weighted by Crippen LogP contribution is -2.15. The standard InChI is InChI=1S/C8H12O2/c9-7-3-1-5-6(7)2-4-8(5)10/h5-7,9H,1-4H2/t5-,6-,7+/m0/s1. The molecule has 0 spiro atoms. The lowest BCUT2D eigenvalue weighted by molar-refractivity contribution is -0.121. The minimum Gasteiger partial charge on any atom is -0.393 e. The number of Topliss-reactive ketones (excluding diaryl/α,β-unsaturated/α-hetero) is 1. The average Bonchev–Trinajstić information content (AvgIpc) is 2.41. The minimum absolute atomic E-state index is 0.170. The van der Waals surface area contributed by atoms with Gasteiger partial charge in [-0.05, 0) is 25.2 Å². The molecule has 0 amide bonds. The first-order chi connectivity index (χ1) is 4.79. The normalized spacial score (nSPS) is 46.1. The van der Waals surface area contributed by atoms with Crippen LogP contribution in [0.5, 0.6) is 0 Å². The summed E-state index contributed by atoms with van der Waals surface area (Å²) in [6, 6.07) is 0. The summed E-state index contributed by atoms with van der Waals surface area (Å²) in [5.41, 5.74) is 0. The smallest absolute Gasteiger partial charge is 0.136 e. The van der Waals surface area contributed by atoms with Gasteiger partial charge in [0.2, 0.25) is 0 Å². The van der Waals surface area contributed by atoms with Gasteiger partial charge in [0.1, 0.15) is 5.78 Å². The molecule has 2 rings (SSSR count). The Kier molecular flexibility index (Phi) is 1.31. The van der Waals surface area contributed by atoms with Crippen molar-refractivity contribution in [3.05, 3.63) is 0 Å². The molecule has 0 unspecified atom stereocenters. The summed E-state index contributed by atoms with van der Waals surface area (Å²) < 4.78 is 0. The second-order valence-corrected chi connectivity index (χ2v) is 3.42. The largest absolute Gasteiger partial charge is 0.393 e. The molecule has 3 atom stereocenters. The number of carbonyl (C=O) groups excluding carboxylic acids is 1. The van der Waals surface area contributed by atoms with Gasteiger partial charge >= 0.3 is 0 Å². The van der Waals surface area contributed by atoms with E-state index in [0.717, 1.165) is 19.3 Å². The van der Waals surface area contributed by atoms with Gasteiger partial charge < -0.3 is 5.11 Å². The molecule has 10 heavy (non-hydrogen) atoms. The lowest BCUT2D eigenvalue weighted by atomic mass is 9.99. The Morgan fingerprint density at radius 3 is 2.80 bits per heavy atom. The first-order valence-corrected chi connectivity index (χ1v) is 4.00. The number of carbonyl (C=O) groups is 1. The van der Waals surface area contributed by atoms with E-state index in [1.807, 2.05) is 0 Å².